The number of carboxylic acids is 1. The number of para-hydroxylation sites is 2. The number of aliphatic carboxylic acids is 1. The van der Waals surface area contributed by atoms with Crippen molar-refractivity contribution in [2.24, 2.45) is 0 Å². The van der Waals surface area contributed by atoms with Gasteiger partial charge in [0.05, 0.1) is 0 Å². The van der Waals surface area contributed by atoms with Crippen molar-refractivity contribution in [3.8, 4) is 0 Å². The average molecular weight is 508 g/mol. The number of halogens is 2. The van der Waals surface area contributed by atoms with E-state index in [2.05, 4.69) is 51.0 Å². The van der Waals surface area contributed by atoms with Crippen LogP contribution in [0.3, 0.4) is 0 Å². The molecule has 0 heterocycles. The molecule has 2 rings (SSSR count). The second-order valence-electron chi connectivity index (χ2n) is 4.45. The van der Waals surface area contributed by atoms with Gasteiger partial charge in [-0.15, -0.1) is 0 Å². The van der Waals surface area contributed by atoms with Crippen LogP contribution in [0.25, 0.3) is 0 Å². The Morgan fingerprint density at radius 2 is 1.90 bits per heavy atom. The molecular formula is C16H16I2NO2-. The fraction of sp³-hybridized carbons (Fsp3) is 0.188. The summed E-state index contributed by atoms with van der Waals surface area (Å²) in [5.41, 5.74) is 4.12. The topological polar surface area (TPSA) is 49.3 Å². The Bertz CT molecular complexity index is 622. The number of alkyl halides is 2. The van der Waals surface area contributed by atoms with Gasteiger partial charge in [-0.3, -0.25) is 0 Å². The predicted molar refractivity (Wildman–Crippen MR) is 89.9 cm³/mol. The Kier molecular flexibility index (Phi) is 6.28. The third kappa shape index (κ3) is 4.32. The predicted octanol–water partition coefficient (Wildman–Crippen LogP) is 0.881. The molecule has 0 fully saturated rings. The van der Waals surface area contributed by atoms with Crippen LogP contribution in [0.15, 0.2) is 42.5 Å². The summed E-state index contributed by atoms with van der Waals surface area (Å²) >= 11 is 2.32. The molecule has 0 aliphatic carbocycles. The van der Waals surface area contributed by atoms with Crippen LogP contribution in [-0.2, 0) is 15.6 Å². The molecule has 0 saturated heterocycles. The molecule has 0 spiro atoms. The quantitative estimate of drug-likeness (QED) is 0.451. The van der Waals surface area contributed by atoms with Gasteiger partial charge < -0.3 is 0 Å². The van der Waals surface area contributed by atoms with Crippen molar-refractivity contribution in [1.29, 1.82) is 0 Å². The van der Waals surface area contributed by atoms with Gasteiger partial charge in [0.25, 0.3) is 0 Å². The normalized spacial score (nSPS) is 10.6. The van der Waals surface area contributed by atoms with E-state index in [1.165, 1.54) is 9.13 Å². The van der Waals surface area contributed by atoms with E-state index in [9.17, 15) is 4.79 Å². The molecule has 0 radical (unpaired) electrons. The molecule has 0 aliphatic heterocycles. The molecule has 2 N–H and O–H groups in total. The van der Waals surface area contributed by atoms with Crippen LogP contribution in [0.1, 0.15) is 11.1 Å². The van der Waals surface area contributed by atoms with E-state index in [-0.39, 0.29) is 27.6 Å². The molecule has 0 atom stereocenters. The van der Waals surface area contributed by atoms with Gasteiger partial charge in [-0.1, -0.05) is 0 Å². The molecule has 0 saturated carbocycles. The number of hydrogen-bond acceptors (Lipinski definition) is 2. The third-order valence-electron chi connectivity index (χ3n) is 3.07. The molecule has 0 amide bonds. The van der Waals surface area contributed by atoms with Crippen molar-refractivity contribution in [2.75, 3.05) is 10.2 Å². The van der Waals surface area contributed by atoms with Crippen molar-refractivity contribution < 1.29 is 31.1 Å². The number of carboxylic acid groups (broad SMARTS) is 1. The standard InChI is InChI=1S/C16H16I2NO2/c1-18-13-7-4-6-12(10-17)16(13)19-14-8-3-2-5-11(14)9-15(20)21/h2-8,19H,9-10H2,1H3,(H,20,21)/q-1. The molecule has 2 aromatic rings. The zero-order valence-electron chi connectivity index (χ0n) is 11.6. The average Bonchev–Trinajstić information content (AvgIpc) is 2.48. The van der Waals surface area contributed by atoms with Gasteiger partial charge in [0.2, 0.25) is 0 Å². The SMILES string of the molecule is C[I-]c1cccc(CI)c1Nc1ccccc1CC(=O)O. The molecule has 0 bridgehead atoms. The summed E-state index contributed by atoms with van der Waals surface area (Å²) in [7, 11) is 0. The Morgan fingerprint density at radius 1 is 1.19 bits per heavy atom. The fourth-order valence-electron chi connectivity index (χ4n) is 2.07. The van der Waals surface area contributed by atoms with Crippen LogP contribution in [0, 0.1) is 3.57 Å². The number of hydrogen-bond donors (Lipinski definition) is 2. The second kappa shape index (κ2) is 7.98. The first-order valence-electron chi connectivity index (χ1n) is 6.39. The van der Waals surface area contributed by atoms with Gasteiger partial charge in [0.15, 0.2) is 0 Å². The Morgan fingerprint density at radius 3 is 2.57 bits per heavy atom. The van der Waals surface area contributed by atoms with Crippen LogP contribution in [0.2, 0.25) is 0 Å². The maximum absolute atomic E-state index is 11.0. The van der Waals surface area contributed by atoms with Gasteiger partial charge in [0, 0.05) is 0 Å². The van der Waals surface area contributed by atoms with E-state index >= 15 is 0 Å². The molecule has 0 aliphatic rings. The van der Waals surface area contributed by atoms with Crippen LogP contribution in [-0.4, -0.2) is 16.0 Å². The van der Waals surface area contributed by atoms with Crippen molar-refractivity contribution in [2.45, 2.75) is 10.8 Å². The van der Waals surface area contributed by atoms with E-state index in [4.69, 9.17) is 5.11 Å². The van der Waals surface area contributed by atoms with Crippen LogP contribution >= 0.6 is 22.6 Å². The third-order valence-corrected chi connectivity index (χ3v) is 5.95. The van der Waals surface area contributed by atoms with Gasteiger partial charge in [-0.25, -0.2) is 0 Å². The summed E-state index contributed by atoms with van der Waals surface area (Å²) in [6.45, 7) is 0. The molecular weight excluding hydrogens is 492 g/mol. The van der Waals surface area contributed by atoms with E-state index < -0.39 is 5.97 Å². The monoisotopic (exact) mass is 508 g/mol. The van der Waals surface area contributed by atoms with E-state index in [1.807, 2.05) is 24.3 Å². The molecule has 112 valence electrons. The molecule has 21 heavy (non-hydrogen) atoms. The van der Waals surface area contributed by atoms with E-state index in [0.29, 0.717) is 0 Å². The minimum atomic E-state index is -0.811. The van der Waals surface area contributed by atoms with Gasteiger partial charge >= 0.3 is 149 Å². The van der Waals surface area contributed by atoms with Gasteiger partial charge in [0.1, 0.15) is 0 Å². The minimum absolute atomic E-state index is 0.0338. The second-order valence-corrected chi connectivity index (χ2v) is 7.45. The number of rotatable bonds is 6. The molecule has 5 heteroatoms. The molecule has 3 nitrogen and oxygen atoms in total. The first-order chi connectivity index (χ1) is 10.2. The Balaban J connectivity index is 2.40. The van der Waals surface area contributed by atoms with Crippen LogP contribution in [0.5, 0.6) is 0 Å². The summed E-state index contributed by atoms with van der Waals surface area (Å²) < 4.78 is 2.28. The number of anilines is 2. The van der Waals surface area contributed by atoms with Crippen molar-refractivity contribution >= 4 is 39.9 Å². The van der Waals surface area contributed by atoms with Crippen molar-refractivity contribution in [1.82, 2.24) is 0 Å². The number of nitrogens with one attached hydrogen (secondary N) is 1. The summed E-state index contributed by atoms with van der Waals surface area (Å²) in [5, 5.41) is 12.5. The molecule has 0 aromatic heterocycles. The van der Waals surface area contributed by atoms with Gasteiger partial charge in [-0.05, 0) is 0 Å². The summed E-state index contributed by atoms with van der Waals surface area (Å²) in [6.07, 6.45) is 0.0338. The fourth-order valence-corrected chi connectivity index (χ4v) is 4.30. The first kappa shape index (κ1) is 16.5. The molecule has 0 unspecified atom stereocenters. The van der Waals surface area contributed by atoms with E-state index in [1.54, 1.807) is 0 Å². The first-order valence-corrected chi connectivity index (χ1v) is 11.2. The summed E-state index contributed by atoms with van der Waals surface area (Å²) in [4.78, 5) is 13.2. The zero-order valence-corrected chi connectivity index (χ0v) is 15.9. The van der Waals surface area contributed by atoms with E-state index in [0.717, 1.165) is 21.4 Å². The molecule has 2 aromatic carbocycles. The zero-order chi connectivity index (χ0) is 15.2. The van der Waals surface area contributed by atoms with Crippen molar-refractivity contribution in [3.63, 3.8) is 0 Å². The number of benzene rings is 2. The Hall–Kier alpha value is -0.830. The summed E-state index contributed by atoms with van der Waals surface area (Å²) in [6, 6.07) is 14.0. The van der Waals surface area contributed by atoms with Crippen LogP contribution < -0.4 is 26.5 Å². The number of carbonyl (C=O) groups is 1. The Labute approximate surface area is 148 Å². The van der Waals surface area contributed by atoms with Crippen LogP contribution in [0.4, 0.5) is 11.4 Å². The summed E-state index contributed by atoms with van der Waals surface area (Å²) in [5.74, 6) is -0.811. The van der Waals surface area contributed by atoms with Gasteiger partial charge in [-0.2, -0.15) is 0 Å². The maximum atomic E-state index is 11.0. The van der Waals surface area contributed by atoms with Crippen molar-refractivity contribution in [3.05, 3.63) is 57.2 Å².